The topological polar surface area (TPSA) is 246 Å². The molecule has 0 aliphatic heterocycles. The second-order valence-electron chi connectivity index (χ2n) is 11.5. The molecule has 3 unspecified atom stereocenters. The summed E-state index contributed by atoms with van der Waals surface area (Å²) in [7, 11) is 3.48. The van der Waals surface area contributed by atoms with Gasteiger partial charge in [-0.1, -0.05) is 27.7 Å². The molecule has 3 atom stereocenters. The van der Waals surface area contributed by atoms with Crippen LogP contribution < -0.4 is 32.7 Å². The predicted octanol–water partition coefficient (Wildman–Crippen LogP) is 2.26. The van der Waals surface area contributed by atoms with E-state index in [1.165, 1.54) is 0 Å². The number of nitrogens with two attached hydrogens (primary N) is 2. The second-order valence-corrected chi connectivity index (χ2v) is 11.5. The third-order valence-electron chi connectivity index (χ3n) is 7.17. The molecule has 0 saturated carbocycles. The Kier molecular flexibility index (Phi) is 30.9. The lowest BCUT2D eigenvalue weighted by Gasteiger charge is -2.30. The van der Waals surface area contributed by atoms with E-state index in [1.54, 1.807) is 27.8 Å². The number of hydrogen-bond acceptors (Lipinski definition) is 9. The zero-order valence-corrected chi connectivity index (χ0v) is 29.7. The molecule has 15 heteroatoms. The average Bonchev–Trinajstić information content (AvgIpc) is 3.01. The van der Waals surface area contributed by atoms with E-state index in [4.69, 9.17) is 11.5 Å². The fourth-order valence-electron chi connectivity index (χ4n) is 3.98. The molecule has 0 radical (unpaired) electrons. The van der Waals surface area contributed by atoms with E-state index < -0.39 is 28.4 Å². The van der Waals surface area contributed by atoms with Gasteiger partial charge in [0.2, 0.25) is 35.6 Å². The Morgan fingerprint density at radius 1 is 0.761 bits per heavy atom. The Balaban J connectivity index is -0.000000344. The van der Waals surface area contributed by atoms with E-state index in [0.29, 0.717) is 51.4 Å². The molecule has 0 rings (SSSR count). The summed E-state index contributed by atoms with van der Waals surface area (Å²) in [5.74, 6) is -1.32. The minimum absolute atomic E-state index is 0.0186. The Morgan fingerprint density at radius 2 is 1.22 bits per heavy atom. The lowest BCUT2D eigenvalue weighted by Crippen LogP contribution is -2.47. The van der Waals surface area contributed by atoms with Crippen LogP contribution in [0.2, 0.25) is 0 Å². The first-order chi connectivity index (χ1) is 21.4. The van der Waals surface area contributed by atoms with Gasteiger partial charge in [0.05, 0.1) is 0 Å². The molecule has 0 aliphatic rings. The summed E-state index contributed by atoms with van der Waals surface area (Å²) in [6.45, 7) is 14.1. The van der Waals surface area contributed by atoms with Crippen molar-refractivity contribution in [2.45, 2.75) is 142 Å². The van der Waals surface area contributed by atoms with Gasteiger partial charge in [0.1, 0.15) is 6.29 Å². The summed E-state index contributed by atoms with van der Waals surface area (Å²) in [5.41, 5.74) is 7.76. The molecule has 8 N–H and O–H groups in total. The van der Waals surface area contributed by atoms with E-state index in [1.807, 2.05) is 27.8 Å². The van der Waals surface area contributed by atoms with Crippen LogP contribution in [0, 0.1) is 10.1 Å². The summed E-state index contributed by atoms with van der Waals surface area (Å²) in [6, 6.07) is 0. The normalized spacial score (nSPS) is 13.8. The number of amides is 5. The zero-order chi connectivity index (χ0) is 36.8. The molecule has 15 nitrogen and oxygen atoms in total. The van der Waals surface area contributed by atoms with Gasteiger partial charge in [-0.15, -0.1) is 0 Å². The van der Waals surface area contributed by atoms with E-state index in [-0.39, 0.29) is 48.8 Å². The van der Waals surface area contributed by atoms with Crippen molar-refractivity contribution in [3.8, 4) is 0 Å². The molecule has 270 valence electrons. The molecule has 0 aromatic carbocycles. The number of carbonyl (C=O) groups is 6. The molecule has 0 heterocycles. The van der Waals surface area contributed by atoms with Crippen molar-refractivity contribution in [2.75, 3.05) is 20.6 Å². The molecule has 0 aromatic heterocycles. The van der Waals surface area contributed by atoms with Crippen LogP contribution in [-0.2, 0) is 28.8 Å². The average molecular weight is 662 g/mol. The third kappa shape index (κ3) is 27.9. The summed E-state index contributed by atoms with van der Waals surface area (Å²) >= 11 is 0. The van der Waals surface area contributed by atoms with Crippen LogP contribution in [0.3, 0.4) is 0 Å². The first-order valence-electron chi connectivity index (χ1n) is 16.0. The lowest BCUT2D eigenvalue weighted by molar-refractivity contribution is -0.567. The molecule has 0 fully saturated rings. The van der Waals surface area contributed by atoms with Gasteiger partial charge >= 0.3 is 0 Å². The Hall–Kier alpha value is -3.62. The van der Waals surface area contributed by atoms with Gasteiger partial charge in [0.15, 0.2) is 0 Å². The number of hydrogen-bond donors (Lipinski definition) is 6. The van der Waals surface area contributed by atoms with Gasteiger partial charge in [-0.25, -0.2) is 0 Å². The van der Waals surface area contributed by atoms with Crippen molar-refractivity contribution in [2.24, 2.45) is 11.5 Å². The van der Waals surface area contributed by atoms with E-state index >= 15 is 0 Å². The van der Waals surface area contributed by atoms with Crippen molar-refractivity contribution in [1.82, 2.24) is 21.3 Å². The fourth-order valence-corrected chi connectivity index (χ4v) is 3.98. The standard InChI is InChI=1S/C16H29N3O5.C10H19N3O3.C3H9N.C2H6/c1-4-8-16(3,19(23)24)11-7-14(22)18-15(2,9-5-12-20)10-6-13(17)21;1-10(13-7-14,5-3-8(11)15)6-4-9(16)12-2;1-3-4-2;1-2/h12H,4-11H2,1-3H3,(H2,17,21)(H,18,22);7H,3-6H2,1-2H3,(H2,11,15)(H,12,16)(H,13,14);4H,3H2,1-2H3;1-2H3. The van der Waals surface area contributed by atoms with E-state index in [0.717, 1.165) is 12.8 Å². The van der Waals surface area contributed by atoms with Crippen molar-refractivity contribution in [3.63, 3.8) is 0 Å². The molecule has 46 heavy (non-hydrogen) atoms. The highest BCUT2D eigenvalue weighted by Crippen LogP contribution is 2.24. The third-order valence-corrected chi connectivity index (χ3v) is 7.17. The largest absolute Gasteiger partial charge is 0.370 e. The maximum Gasteiger partial charge on any atom is 0.220 e. The highest BCUT2D eigenvalue weighted by atomic mass is 16.6. The van der Waals surface area contributed by atoms with Gasteiger partial charge < -0.3 is 37.5 Å². The molecular formula is C31H63N7O8. The van der Waals surface area contributed by atoms with Crippen molar-refractivity contribution in [3.05, 3.63) is 10.1 Å². The second kappa shape index (κ2) is 28.8. The smallest absolute Gasteiger partial charge is 0.220 e. The summed E-state index contributed by atoms with van der Waals surface area (Å²) in [5, 5.41) is 22.1. The molecule has 0 aliphatic carbocycles. The molecule has 5 amide bonds. The Morgan fingerprint density at radius 3 is 1.59 bits per heavy atom. The van der Waals surface area contributed by atoms with Crippen LogP contribution in [0.15, 0.2) is 0 Å². The van der Waals surface area contributed by atoms with Crippen LogP contribution in [0.4, 0.5) is 0 Å². The summed E-state index contributed by atoms with van der Waals surface area (Å²) in [4.78, 5) is 76.9. The predicted molar refractivity (Wildman–Crippen MR) is 180 cm³/mol. The van der Waals surface area contributed by atoms with E-state index in [9.17, 15) is 38.9 Å². The van der Waals surface area contributed by atoms with Crippen LogP contribution in [-0.4, -0.2) is 78.5 Å². The number of aldehydes is 1. The molecule has 0 aromatic rings. The number of nitro groups is 1. The summed E-state index contributed by atoms with van der Waals surface area (Å²) < 4.78 is 0. The quantitative estimate of drug-likeness (QED) is 0.0565. The van der Waals surface area contributed by atoms with Crippen LogP contribution in [0.1, 0.15) is 126 Å². The van der Waals surface area contributed by atoms with Crippen molar-refractivity contribution >= 4 is 36.3 Å². The molecule has 0 spiro atoms. The number of carbonyl (C=O) groups excluding carboxylic acids is 6. The summed E-state index contributed by atoms with van der Waals surface area (Å²) in [6.07, 6.45) is 4.98. The Labute approximate surface area is 275 Å². The maximum absolute atomic E-state index is 12.2. The van der Waals surface area contributed by atoms with Crippen LogP contribution in [0.5, 0.6) is 0 Å². The van der Waals surface area contributed by atoms with Gasteiger partial charge in [-0.05, 0) is 59.5 Å². The highest BCUT2D eigenvalue weighted by molar-refractivity contribution is 5.77. The van der Waals surface area contributed by atoms with Crippen LogP contribution >= 0.6 is 0 Å². The first-order valence-corrected chi connectivity index (χ1v) is 16.0. The highest BCUT2D eigenvalue weighted by Gasteiger charge is 2.37. The SMILES string of the molecule is CC.CCCC(C)(CCC(=O)NC(C)(CCC=O)CCC(N)=O)[N+](=O)[O-].CCNC.CNC(=O)CCC(C)(CCC(N)=O)NC=O. The lowest BCUT2D eigenvalue weighted by atomic mass is 9.88. The number of nitrogens with zero attached hydrogens (tertiary/aromatic N) is 1. The molecule has 0 saturated heterocycles. The van der Waals surface area contributed by atoms with Gasteiger partial charge in [-0.3, -0.25) is 34.1 Å². The Bertz CT molecular complexity index is 904. The number of primary amides is 2. The van der Waals surface area contributed by atoms with Gasteiger partial charge in [-0.2, -0.15) is 0 Å². The van der Waals surface area contributed by atoms with Crippen LogP contribution in [0.25, 0.3) is 0 Å². The zero-order valence-electron chi connectivity index (χ0n) is 29.7. The fraction of sp³-hybridized carbons (Fsp3) is 0.806. The number of rotatable bonds is 22. The minimum Gasteiger partial charge on any atom is -0.370 e. The first kappa shape index (κ1) is 49.3. The molecular weight excluding hydrogens is 598 g/mol. The molecule has 0 bridgehead atoms. The van der Waals surface area contributed by atoms with Gasteiger partial charge in [0, 0.05) is 74.9 Å². The number of nitrogens with one attached hydrogen (secondary N) is 4. The van der Waals surface area contributed by atoms with Gasteiger partial charge in [0.25, 0.3) is 0 Å². The monoisotopic (exact) mass is 661 g/mol. The van der Waals surface area contributed by atoms with Crippen molar-refractivity contribution in [1.29, 1.82) is 0 Å². The maximum atomic E-state index is 12.2. The van der Waals surface area contributed by atoms with E-state index in [2.05, 4.69) is 28.2 Å². The van der Waals surface area contributed by atoms with Crippen molar-refractivity contribution < 1.29 is 33.7 Å². The minimum atomic E-state index is -1.13.